The van der Waals surface area contributed by atoms with E-state index in [1.54, 1.807) is 47.4 Å². The van der Waals surface area contributed by atoms with Crippen LogP contribution in [-0.2, 0) is 4.79 Å². The Morgan fingerprint density at radius 1 is 1.04 bits per heavy atom. The molecule has 4 rings (SSSR count). The summed E-state index contributed by atoms with van der Waals surface area (Å²) < 4.78 is 13.9. The normalized spacial score (nSPS) is 22.5. The number of hydrogen-bond acceptors (Lipinski definition) is 2. The van der Waals surface area contributed by atoms with E-state index in [9.17, 15) is 14.0 Å². The number of nitrogens with zero attached hydrogens (tertiary/aromatic N) is 1. The smallest absolute Gasteiger partial charge is 0.254 e. The predicted molar refractivity (Wildman–Crippen MR) is 97.1 cm³/mol. The number of carbonyl (C=O) groups is 2. The zero-order valence-electron chi connectivity index (χ0n) is 14.5. The Morgan fingerprint density at radius 2 is 1.77 bits per heavy atom. The molecule has 2 aromatic carbocycles. The Labute approximate surface area is 152 Å². The van der Waals surface area contributed by atoms with Crippen molar-refractivity contribution < 1.29 is 14.0 Å². The van der Waals surface area contributed by atoms with Crippen molar-refractivity contribution in [2.75, 3.05) is 13.1 Å². The SMILES string of the molecule is O=C(c1ccc(-c2ccccc2F)cc1)N1CCCC12CCCNC2=O. The topological polar surface area (TPSA) is 49.4 Å². The molecule has 1 unspecified atom stereocenters. The largest absolute Gasteiger partial charge is 0.354 e. The van der Waals surface area contributed by atoms with Crippen molar-refractivity contribution in [3.63, 3.8) is 0 Å². The number of hydrogen-bond donors (Lipinski definition) is 1. The molecular weight excluding hydrogens is 331 g/mol. The third-order valence-corrected chi connectivity index (χ3v) is 5.53. The Bertz CT molecular complexity index is 849. The fraction of sp³-hybridized carbons (Fsp3) is 0.333. The van der Waals surface area contributed by atoms with Gasteiger partial charge in [-0.3, -0.25) is 9.59 Å². The molecule has 2 amide bonds. The molecule has 0 radical (unpaired) electrons. The molecule has 5 heteroatoms. The van der Waals surface area contributed by atoms with E-state index in [4.69, 9.17) is 0 Å². The van der Waals surface area contributed by atoms with Crippen molar-refractivity contribution in [1.82, 2.24) is 10.2 Å². The van der Waals surface area contributed by atoms with Crippen LogP contribution in [0.4, 0.5) is 4.39 Å². The number of likely N-dealkylation sites (tertiary alicyclic amines) is 1. The second-order valence-electron chi connectivity index (χ2n) is 7.01. The summed E-state index contributed by atoms with van der Waals surface area (Å²) in [5, 5.41) is 2.91. The second kappa shape index (κ2) is 6.56. The van der Waals surface area contributed by atoms with Gasteiger partial charge in [0.05, 0.1) is 0 Å². The van der Waals surface area contributed by atoms with Crippen molar-refractivity contribution in [2.24, 2.45) is 0 Å². The predicted octanol–water partition coefficient (Wildman–Crippen LogP) is 3.38. The molecule has 2 aliphatic rings. The van der Waals surface area contributed by atoms with Crippen LogP contribution in [0.1, 0.15) is 36.0 Å². The van der Waals surface area contributed by atoms with Crippen molar-refractivity contribution in [2.45, 2.75) is 31.2 Å². The van der Waals surface area contributed by atoms with Crippen LogP contribution >= 0.6 is 0 Å². The zero-order chi connectivity index (χ0) is 18.1. The molecule has 1 spiro atoms. The molecule has 1 atom stereocenters. The van der Waals surface area contributed by atoms with E-state index < -0.39 is 5.54 Å². The second-order valence-corrected chi connectivity index (χ2v) is 7.01. The van der Waals surface area contributed by atoms with Crippen LogP contribution in [0.5, 0.6) is 0 Å². The molecule has 4 nitrogen and oxygen atoms in total. The lowest BCUT2D eigenvalue weighted by molar-refractivity contribution is -0.133. The lowest BCUT2D eigenvalue weighted by atomic mass is 9.86. The van der Waals surface area contributed by atoms with Gasteiger partial charge in [0.2, 0.25) is 5.91 Å². The van der Waals surface area contributed by atoms with Gasteiger partial charge in [0, 0.05) is 24.2 Å². The quantitative estimate of drug-likeness (QED) is 0.901. The molecular formula is C21H21FN2O2. The van der Waals surface area contributed by atoms with E-state index in [0.29, 0.717) is 24.2 Å². The molecule has 0 aliphatic carbocycles. The van der Waals surface area contributed by atoms with Crippen molar-refractivity contribution in [1.29, 1.82) is 0 Å². The van der Waals surface area contributed by atoms with Gasteiger partial charge in [-0.2, -0.15) is 0 Å². The number of rotatable bonds is 2. The Kier molecular flexibility index (Phi) is 4.23. The number of nitrogens with one attached hydrogen (secondary N) is 1. The lowest BCUT2D eigenvalue weighted by Crippen LogP contribution is -2.60. The van der Waals surface area contributed by atoms with Gasteiger partial charge >= 0.3 is 0 Å². The first-order chi connectivity index (χ1) is 12.6. The van der Waals surface area contributed by atoms with E-state index in [1.165, 1.54) is 6.07 Å². The average Bonchev–Trinajstić information content (AvgIpc) is 3.09. The molecule has 0 saturated carbocycles. The first-order valence-corrected chi connectivity index (χ1v) is 9.07. The molecule has 1 N–H and O–H groups in total. The van der Waals surface area contributed by atoms with Gasteiger partial charge in [0.25, 0.3) is 5.91 Å². The van der Waals surface area contributed by atoms with E-state index >= 15 is 0 Å². The maximum atomic E-state index is 13.9. The number of amides is 2. The van der Waals surface area contributed by atoms with E-state index in [-0.39, 0.29) is 17.6 Å². The van der Waals surface area contributed by atoms with Crippen molar-refractivity contribution >= 4 is 11.8 Å². The Hall–Kier alpha value is -2.69. The lowest BCUT2D eigenvalue weighted by Gasteiger charge is -2.40. The van der Waals surface area contributed by atoms with Gasteiger partial charge in [0.15, 0.2) is 0 Å². The third-order valence-electron chi connectivity index (χ3n) is 5.53. The minimum Gasteiger partial charge on any atom is -0.354 e. The minimum atomic E-state index is -0.695. The van der Waals surface area contributed by atoms with Crippen LogP contribution in [0.25, 0.3) is 11.1 Å². The maximum Gasteiger partial charge on any atom is 0.254 e. The number of benzene rings is 2. The van der Waals surface area contributed by atoms with E-state index in [0.717, 1.165) is 31.2 Å². The Morgan fingerprint density at radius 3 is 2.50 bits per heavy atom. The molecule has 134 valence electrons. The van der Waals surface area contributed by atoms with Crippen molar-refractivity contribution in [3.8, 4) is 11.1 Å². The van der Waals surface area contributed by atoms with Gasteiger partial charge in [-0.15, -0.1) is 0 Å². The van der Waals surface area contributed by atoms with Gasteiger partial charge in [-0.1, -0.05) is 30.3 Å². The molecule has 0 aromatic heterocycles. The van der Waals surface area contributed by atoms with Crippen LogP contribution in [-0.4, -0.2) is 35.3 Å². The number of halogens is 1. The number of carbonyl (C=O) groups excluding carboxylic acids is 2. The third kappa shape index (κ3) is 2.68. The first-order valence-electron chi connectivity index (χ1n) is 9.07. The molecule has 2 fully saturated rings. The fourth-order valence-corrected chi connectivity index (χ4v) is 4.17. The van der Waals surface area contributed by atoms with Gasteiger partial charge in [-0.05, 0) is 49.4 Å². The van der Waals surface area contributed by atoms with E-state index in [2.05, 4.69) is 5.32 Å². The summed E-state index contributed by atoms with van der Waals surface area (Å²) in [5.41, 5.74) is 1.08. The molecule has 26 heavy (non-hydrogen) atoms. The highest BCUT2D eigenvalue weighted by atomic mass is 19.1. The highest BCUT2D eigenvalue weighted by Crippen LogP contribution is 2.37. The maximum absolute atomic E-state index is 13.9. The minimum absolute atomic E-state index is 0.0300. The van der Waals surface area contributed by atoms with Gasteiger partial charge in [0.1, 0.15) is 11.4 Å². The Balaban J connectivity index is 1.60. The highest BCUT2D eigenvalue weighted by molar-refractivity contribution is 6.00. The van der Waals surface area contributed by atoms with Crippen LogP contribution in [0.2, 0.25) is 0 Å². The molecule has 2 aliphatic heterocycles. The monoisotopic (exact) mass is 352 g/mol. The zero-order valence-corrected chi connectivity index (χ0v) is 14.5. The van der Waals surface area contributed by atoms with Crippen LogP contribution < -0.4 is 5.32 Å². The fourth-order valence-electron chi connectivity index (χ4n) is 4.17. The standard InChI is InChI=1S/C21H21FN2O2/c22-18-6-2-1-5-17(18)15-7-9-16(10-8-15)19(25)24-14-4-12-21(24)11-3-13-23-20(21)26/h1-2,5-10H,3-4,11-14H2,(H,23,26). The summed E-state index contributed by atoms with van der Waals surface area (Å²) >= 11 is 0. The molecule has 2 saturated heterocycles. The van der Waals surface area contributed by atoms with Crippen LogP contribution in [0.15, 0.2) is 48.5 Å². The summed E-state index contributed by atoms with van der Waals surface area (Å²) in [6, 6.07) is 13.5. The van der Waals surface area contributed by atoms with Gasteiger partial charge < -0.3 is 10.2 Å². The average molecular weight is 352 g/mol. The molecule has 2 heterocycles. The number of piperidine rings is 1. The van der Waals surface area contributed by atoms with Gasteiger partial charge in [-0.25, -0.2) is 4.39 Å². The molecule has 0 bridgehead atoms. The van der Waals surface area contributed by atoms with Crippen molar-refractivity contribution in [3.05, 3.63) is 59.9 Å². The summed E-state index contributed by atoms with van der Waals surface area (Å²) in [6.07, 6.45) is 3.17. The first kappa shape index (κ1) is 16.8. The molecule has 2 aromatic rings. The summed E-state index contributed by atoms with van der Waals surface area (Å²) in [6.45, 7) is 1.28. The summed E-state index contributed by atoms with van der Waals surface area (Å²) in [5.74, 6) is -0.443. The van der Waals surface area contributed by atoms with Crippen LogP contribution in [0, 0.1) is 5.82 Å². The highest BCUT2D eigenvalue weighted by Gasteiger charge is 2.50. The van der Waals surface area contributed by atoms with E-state index in [1.807, 2.05) is 0 Å². The summed E-state index contributed by atoms with van der Waals surface area (Å²) in [4.78, 5) is 27.3. The van der Waals surface area contributed by atoms with Crippen LogP contribution in [0.3, 0.4) is 0 Å². The summed E-state index contributed by atoms with van der Waals surface area (Å²) in [7, 11) is 0.